The quantitative estimate of drug-likeness (QED) is 0.465. The van der Waals surface area contributed by atoms with E-state index in [1.165, 1.54) is 16.8 Å². The number of aromatic nitrogens is 4. The van der Waals surface area contributed by atoms with Gasteiger partial charge in [-0.15, -0.1) is 5.10 Å². The molecule has 2 aromatic carbocycles. The molecule has 0 fully saturated rings. The number of nitrogens with zero attached hydrogens (tertiary/aromatic N) is 5. The Morgan fingerprint density at radius 1 is 1.18 bits per heavy atom. The van der Waals surface area contributed by atoms with Gasteiger partial charge in [-0.05, 0) is 47.2 Å². The minimum Gasteiger partial charge on any atom is -0.494 e. The summed E-state index contributed by atoms with van der Waals surface area (Å²) in [6.07, 6.45) is 0.0998. The van der Waals surface area contributed by atoms with E-state index >= 15 is 0 Å². The zero-order valence-electron chi connectivity index (χ0n) is 15.1. The molecular formula is C18H18N6O4. The Bertz CT molecular complexity index is 953. The number of hydrogen-bond donors (Lipinski definition) is 1. The van der Waals surface area contributed by atoms with Crippen LogP contribution in [0.2, 0.25) is 0 Å². The Hall–Kier alpha value is -3.82. The average molecular weight is 382 g/mol. The fraction of sp³-hybridized carbons (Fsp3) is 0.222. The van der Waals surface area contributed by atoms with Crippen molar-refractivity contribution in [1.29, 1.82) is 0 Å². The summed E-state index contributed by atoms with van der Waals surface area (Å²) in [6, 6.07) is 13.1. The van der Waals surface area contributed by atoms with E-state index in [4.69, 9.17) is 4.74 Å². The van der Waals surface area contributed by atoms with Crippen LogP contribution in [0.3, 0.4) is 0 Å². The summed E-state index contributed by atoms with van der Waals surface area (Å²) in [6.45, 7) is 2.63. The van der Waals surface area contributed by atoms with Crippen LogP contribution in [0.5, 0.6) is 5.75 Å². The zero-order valence-corrected chi connectivity index (χ0v) is 15.1. The van der Waals surface area contributed by atoms with Crippen molar-refractivity contribution in [3.05, 3.63) is 70.0 Å². The number of nitro groups is 1. The fourth-order valence-electron chi connectivity index (χ4n) is 2.53. The molecule has 1 amide bonds. The molecule has 10 heteroatoms. The number of ether oxygens (including phenoxy) is 1. The maximum atomic E-state index is 12.2. The number of amides is 1. The van der Waals surface area contributed by atoms with Crippen molar-refractivity contribution in [3.63, 3.8) is 0 Å². The van der Waals surface area contributed by atoms with Gasteiger partial charge in [0.2, 0.25) is 5.91 Å². The SMILES string of the molecule is CCOc1ccc(-n2nnnc2CNC(=O)Cc2ccc([N+](=O)[O-])cc2)cc1. The third-order valence-electron chi connectivity index (χ3n) is 3.88. The van der Waals surface area contributed by atoms with Crippen LogP contribution in [0, 0.1) is 10.1 Å². The largest absolute Gasteiger partial charge is 0.494 e. The highest BCUT2D eigenvalue weighted by atomic mass is 16.6. The fourth-order valence-corrected chi connectivity index (χ4v) is 2.53. The second-order valence-corrected chi connectivity index (χ2v) is 5.81. The molecule has 1 heterocycles. The topological polar surface area (TPSA) is 125 Å². The van der Waals surface area contributed by atoms with Gasteiger partial charge in [0.25, 0.3) is 5.69 Å². The van der Waals surface area contributed by atoms with Crippen LogP contribution in [-0.4, -0.2) is 37.6 Å². The molecule has 28 heavy (non-hydrogen) atoms. The summed E-state index contributed by atoms with van der Waals surface area (Å²) < 4.78 is 6.94. The van der Waals surface area contributed by atoms with Crippen LogP contribution in [0.25, 0.3) is 5.69 Å². The molecule has 0 atom stereocenters. The van der Waals surface area contributed by atoms with Crippen molar-refractivity contribution in [2.24, 2.45) is 0 Å². The van der Waals surface area contributed by atoms with Gasteiger partial charge < -0.3 is 10.1 Å². The van der Waals surface area contributed by atoms with Gasteiger partial charge in [0, 0.05) is 12.1 Å². The predicted octanol–water partition coefficient (Wildman–Crippen LogP) is 1.83. The number of carbonyl (C=O) groups is 1. The van der Waals surface area contributed by atoms with Crippen LogP contribution >= 0.6 is 0 Å². The molecule has 10 nitrogen and oxygen atoms in total. The number of non-ortho nitro benzene ring substituents is 1. The van der Waals surface area contributed by atoms with E-state index in [1.54, 1.807) is 12.1 Å². The van der Waals surface area contributed by atoms with Gasteiger partial charge in [-0.1, -0.05) is 12.1 Å². The molecule has 0 saturated carbocycles. The van der Waals surface area contributed by atoms with Crippen LogP contribution in [0.15, 0.2) is 48.5 Å². The van der Waals surface area contributed by atoms with Gasteiger partial charge in [0.15, 0.2) is 5.82 Å². The normalized spacial score (nSPS) is 10.5. The van der Waals surface area contributed by atoms with E-state index in [2.05, 4.69) is 20.8 Å². The first-order chi connectivity index (χ1) is 13.6. The second kappa shape index (κ2) is 8.71. The summed E-state index contributed by atoms with van der Waals surface area (Å²) in [5.41, 5.74) is 1.40. The molecule has 0 radical (unpaired) electrons. The van der Waals surface area contributed by atoms with Gasteiger partial charge in [0.1, 0.15) is 5.75 Å². The van der Waals surface area contributed by atoms with Crippen LogP contribution in [-0.2, 0) is 17.8 Å². The van der Waals surface area contributed by atoms with Crippen molar-refractivity contribution in [3.8, 4) is 11.4 Å². The maximum Gasteiger partial charge on any atom is 0.269 e. The number of nitrogens with one attached hydrogen (secondary N) is 1. The lowest BCUT2D eigenvalue weighted by atomic mass is 10.1. The summed E-state index contributed by atoms with van der Waals surface area (Å²) >= 11 is 0. The number of nitro benzene ring substituents is 1. The molecule has 0 aliphatic heterocycles. The van der Waals surface area contributed by atoms with E-state index in [0.717, 1.165) is 11.4 Å². The highest BCUT2D eigenvalue weighted by molar-refractivity contribution is 5.78. The van der Waals surface area contributed by atoms with Crippen molar-refractivity contribution in [1.82, 2.24) is 25.5 Å². The molecule has 144 valence electrons. The van der Waals surface area contributed by atoms with Crippen LogP contribution < -0.4 is 10.1 Å². The van der Waals surface area contributed by atoms with Crippen LogP contribution in [0.4, 0.5) is 5.69 Å². The predicted molar refractivity (Wildman–Crippen MR) is 99.0 cm³/mol. The second-order valence-electron chi connectivity index (χ2n) is 5.81. The monoisotopic (exact) mass is 382 g/mol. The number of hydrogen-bond acceptors (Lipinski definition) is 7. The summed E-state index contributed by atoms with van der Waals surface area (Å²) in [5, 5.41) is 25.0. The Balaban J connectivity index is 1.60. The number of carbonyl (C=O) groups excluding carboxylic acids is 1. The van der Waals surface area contributed by atoms with Gasteiger partial charge in [0.05, 0.1) is 30.2 Å². The first kappa shape index (κ1) is 19.0. The third-order valence-corrected chi connectivity index (χ3v) is 3.88. The average Bonchev–Trinajstić information content (AvgIpc) is 3.16. The summed E-state index contributed by atoms with van der Waals surface area (Å²) in [5.74, 6) is 0.980. The van der Waals surface area contributed by atoms with Gasteiger partial charge in [-0.2, -0.15) is 4.68 Å². The highest BCUT2D eigenvalue weighted by Gasteiger charge is 2.11. The lowest BCUT2D eigenvalue weighted by molar-refractivity contribution is -0.384. The number of tetrazole rings is 1. The Morgan fingerprint density at radius 2 is 1.89 bits per heavy atom. The Labute approximate surface area is 160 Å². The van der Waals surface area contributed by atoms with E-state index < -0.39 is 4.92 Å². The molecule has 0 unspecified atom stereocenters. The minimum atomic E-state index is -0.482. The van der Waals surface area contributed by atoms with Crippen molar-refractivity contribution < 1.29 is 14.5 Å². The maximum absolute atomic E-state index is 12.2. The van der Waals surface area contributed by atoms with Crippen molar-refractivity contribution in [2.45, 2.75) is 19.9 Å². The van der Waals surface area contributed by atoms with E-state index in [1.807, 2.05) is 31.2 Å². The molecule has 1 N–H and O–H groups in total. The lowest BCUT2D eigenvalue weighted by Gasteiger charge is -2.08. The minimum absolute atomic E-state index is 0.0151. The summed E-state index contributed by atoms with van der Waals surface area (Å²) in [4.78, 5) is 22.3. The number of benzene rings is 2. The smallest absolute Gasteiger partial charge is 0.269 e. The van der Waals surface area contributed by atoms with Crippen molar-refractivity contribution in [2.75, 3.05) is 6.61 Å². The van der Waals surface area contributed by atoms with E-state index in [-0.39, 0.29) is 24.6 Å². The molecule has 0 bridgehead atoms. The molecule has 3 aromatic rings. The highest BCUT2D eigenvalue weighted by Crippen LogP contribution is 2.15. The lowest BCUT2D eigenvalue weighted by Crippen LogP contribution is -2.26. The summed E-state index contributed by atoms with van der Waals surface area (Å²) in [7, 11) is 0. The standard InChI is InChI=1S/C18H18N6O4/c1-2-28-16-9-7-14(8-10-16)23-17(20-21-22-23)12-19-18(25)11-13-3-5-15(6-4-13)24(26)27/h3-10H,2,11-12H2,1H3,(H,19,25). The van der Waals surface area contributed by atoms with Crippen LogP contribution in [0.1, 0.15) is 18.3 Å². The zero-order chi connectivity index (χ0) is 19.9. The van der Waals surface area contributed by atoms with Crippen molar-refractivity contribution >= 4 is 11.6 Å². The molecule has 3 rings (SSSR count). The first-order valence-electron chi connectivity index (χ1n) is 8.57. The first-order valence-corrected chi connectivity index (χ1v) is 8.57. The van der Waals surface area contributed by atoms with E-state index in [9.17, 15) is 14.9 Å². The molecule has 0 aliphatic carbocycles. The number of rotatable bonds is 8. The molecule has 1 aromatic heterocycles. The Morgan fingerprint density at radius 3 is 2.54 bits per heavy atom. The van der Waals surface area contributed by atoms with Gasteiger partial charge >= 0.3 is 0 Å². The van der Waals surface area contributed by atoms with E-state index in [0.29, 0.717) is 18.0 Å². The molecule has 0 aliphatic rings. The molecule has 0 spiro atoms. The Kier molecular flexibility index (Phi) is 5.90. The van der Waals surface area contributed by atoms with Gasteiger partial charge in [-0.3, -0.25) is 14.9 Å². The molecule has 0 saturated heterocycles. The third kappa shape index (κ3) is 4.67. The van der Waals surface area contributed by atoms with Gasteiger partial charge in [-0.25, -0.2) is 0 Å². The molecular weight excluding hydrogens is 364 g/mol.